The zero-order chi connectivity index (χ0) is 42.6. The number of hydrogen-bond acceptors (Lipinski definition) is 14. The van der Waals surface area contributed by atoms with Gasteiger partial charge in [0.05, 0.1) is 90.4 Å². The molecule has 3 heterocycles. The molecule has 0 fully saturated rings. The number of benzene rings is 1. The molecule has 7 N–H and O–H groups in total. The summed E-state index contributed by atoms with van der Waals surface area (Å²) in [6, 6.07) is 7.01. The molecule has 0 aliphatic rings. The molecule has 0 aliphatic carbocycles. The van der Waals surface area contributed by atoms with E-state index >= 15 is 0 Å². The summed E-state index contributed by atoms with van der Waals surface area (Å²) in [6.45, 7) is 6.36. The third-order valence-electron chi connectivity index (χ3n) is 8.83. The zero-order valence-corrected chi connectivity index (χ0v) is 34.2. The number of unbranched alkanes of at least 4 members (excludes halogenated alkanes) is 2. The fourth-order valence-electron chi connectivity index (χ4n) is 5.79. The van der Waals surface area contributed by atoms with Crippen LogP contribution in [0.2, 0.25) is 0 Å². The molecule has 3 amide bonds. The first-order valence-electron chi connectivity index (χ1n) is 20.3. The van der Waals surface area contributed by atoms with Crippen molar-refractivity contribution >= 4 is 45.5 Å². The van der Waals surface area contributed by atoms with Gasteiger partial charge in [-0.2, -0.15) is 5.10 Å². The number of terminal acetylenes is 1. The van der Waals surface area contributed by atoms with E-state index in [-0.39, 0.29) is 49.5 Å². The van der Waals surface area contributed by atoms with Gasteiger partial charge in [0.15, 0.2) is 5.65 Å². The Kier molecular flexibility index (Phi) is 22.2. The van der Waals surface area contributed by atoms with Crippen LogP contribution in [0.4, 0.5) is 5.82 Å². The van der Waals surface area contributed by atoms with Crippen molar-refractivity contribution in [3.05, 3.63) is 30.6 Å². The average Bonchev–Trinajstić information content (AvgIpc) is 3.83. The number of hydrogen-bond donors (Lipinski definition) is 6. The number of nitrogens with two attached hydrogens (primary N) is 1. The molecule has 4 aromatic rings. The van der Waals surface area contributed by atoms with E-state index in [0.29, 0.717) is 134 Å². The highest BCUT2D eigenvalue weighted by molar-refractivity contribution is 6.00. The first kappa shape index (κ1) is 47.3. The van der Waals surface area contributed by atoms with Gasteiger partial charge in [-0.15, -0.1) is 12.3 Å². The number of phenolic OH excluding ortho intramolecular Hbond substituents is 1. The molecule has 0 unspecified atom stereocenters. The van der Waals surface area contributed by atoms with Crippen LogP contribution in [-0.4, -0.2) is 146 Å². The van der Waals surface area contributed by atoms with E-state index in [0.717, 1.165) is 29.4 Å². The Morgan fingerprint density at radius 3 is 1.90 bits per heavy atom. The first-order valence-corrected chi connectivity index (χ1v) is 20.3. The molecule has 19 nitrogen and oxygen atoms in total. The predicted molar refractivity (Wildman–Crippen MR) is 224 cm³/mol. The summed E-state index contributed by atoms with van der Waals surface area (Å²) in [4.78, 5) is 47.7. The minimum Gasteiger partial charge on any atom is -0.508 e. The predicted octanol–water partition coefficient (Wildman–Crippen LogP) is 2.07. The average molecular weight is 838 g/mol. The SMILES string of the molecule is C#CCCCC(=O)NCCOCCOCCOCCC(=O)NCCOCCOCCOCCC(=O)NCCCCn1nc(-c2cc3cc(O)ccc3[nH]2)c2c(N)ncnc21. The number of anilines is 1. The van der Waals surface area contributed by atoms with Crippen molar-refractivity contribution in [2.24, 2.45) is 0 Å². The van der Waals surface area contributed by atoms with Crippen LogP contribution in [0.3, 0.4) is 0 Å². The summed E-state index contributed by atoms with van der Waals surface area (Å²) in [5.74, 6) is 2.77. The Balaban J connectivity index is 0.893. The molecule has 0 saturated heterocycles. The second kappa shape index (κ2) is 28.2. The highest BCUT2D eigenvalue weighted by atomic mass is 16.5. The van der Waals surface area contributed by atoms with E-state index in [9.17, 15) is 19.5 Å². The van der Waals surface area contributed by atoms with Crippen molar-refractivity contribution in [3.8, 4) is 29.5 Å². The van der Waals surface area contributed by atoms with Gasteiger partial charge in [0.25, 0.3) is 0 Å². The summed E-state index contributed by atoms with van der Waals surface area (Å²) in [7, 11) is 0. The molecule has 0 saturated carbocycles. The number of fused-ring (bicyclic) bond motifs is 2. The minimum atomic E-state index is -0.124. The number of aromatic hydroxyl groups is 1. The van der Waals surface area contributed by atoms with Crippen LogP contribution in [0, 0.1) is 12.3 Å². The van der Waals surface area contributed by atoms with E-state index in [1.54, 1.807) is 22.9 Å². The molecule has 4 rings (SSSR count). The number of carbonyl (C=O) groups is 3. The number of H-pyrrole nitrogens is 1. The summed E-state index contributed by atoms with van der Waals surface area (Å²) in [6.07, 6.45) is 10.3. The maximum atomic E-state index is 12.3. The van der Waals surface area contributed by atoms with Crippen LogP contribution >= 0.6 is 0 Å². The number of ether oxygens (including phenoxy) is 6. The number of nitrogens with zero attached hydrogens (tertiary/aromatic N) is 4. The highest BCUT2D eigenvalue weighted by Crippen LogP contribution is 2.32. The molecule has 19 heteroatoms. The lowest BCUT2D eigenvalue weighted by Crippen LogP contribution is -2.28. The fraction of sp³-hybridized carbons (Fsp3) is 0.561. The van der Waals surface area contributed by atoms with Gasteiger partial charge >= 0.3 is 0 Å². The Bertz CT molecular complexity index is 1930. The maximum Gasteiger partial charge on any atom is 0.222 e. The van der Waals surface area contributed by atoms with Crippen LogP contribution in [-0.2, 0) is 49.3 Å². The zero-order valence-electron chi connectivity index (χ0n) is 34.2. The van der Waals surface area contributed by atoms with Crippen molar-refractivity contribution < 1.29 is 47.9 Å². The number of nitrogen functional groups attached to an aromatic ring is 1. The maximum absolute atomic E-state index is 12.3. The molecular formula is C41H59N9O10. The quantitative estimate of drug-likeness (QED) is 0.0297. The van der Waals surface area contributed by atoms with Gasteiger partial charge in [-0.3, -0.25) is 14.4 Å². The van der Waals surface area contributed by atoms with Gasteiger partial charge in [-0.25, -0.2) is 14.6 Å². The van der Waals surface area contributed by atoms with Crippen molar-refractivity contribution in [1.82, 2.24) is 40.7 Å². The Morgan fingerprint density at radius 2 is 1.28 bits per heavy atom. The van der Waals surface area contributed by atoms with E-state index in [2.05, 4.69) is 36.8 Å². The molecule has 0 aliphatic heterocycles. The van der Waals surface area contributed by atoms with Crippen molar-refractivity contribution in [2.45, 2.75) is 51.5 Å². The fourth-order valence-corrected chi connectivity index (χ4v) is 5.79. The van der Waals surface area contributed by atoms with Crippen LogP contribution in [0.1, 0.15) is 44.9 Å². The van der Waals surface area contributed by atoms with Crippen LogP contribution in [0.5, 0.6) is 5.75 Å². The van der Waals surface area contributed by atoms with Crippen LogP contribution in [0.15, 0.2) is 30.6 Å². The van der Waals surface area contributed by atoms with Crippen LogP contribution < -0.4 is 21.7 Å². The van der Waals surface area contributed by atoms with Gasteiger partial charge in [0, 0.05) is 62.8 Å². The van der Waals surface area contributed by atoms with E-state index in [4.69, 9.17) is 45.7 Å². The number of phenols is 1. The minimum absolute atomic E-state index is 0.0307. The summed E-state index contributed by atoms with van der Waals surface area (Å²) >= 11 is 0. The first-order chi connectivity index (χ1) is 29.4. The second-order valence-corrected chi connectivity index (χ2v) is 13.5. The van der Waals surface area contributed by atoms with E-state index in [1.807, 2.05) is 6.07 Å². The summed E-state index contributed by atoms with van der Waals surface area (Å²) in [5.41, 5.74) is 9.10. The molecule has 1 aromatic carbocycles. The summed E-state index contributed by atoms with van der Waals surface area (Å²) < 4.78 is 34.5. The van der Waals surface area contributed by atoms with Gasteiger partial charge in [0.1, 0.15) is 23.6 Å². The number of aromatic amines is 1. The Labute approximate surface area is 349 Å². The molecule has 0 spiro atoms. The van der Waals surface area contributed by atoms with E-state index < -0.39 is 0 Å². The van der Waals surface area contributed by atoms with Gasteiger partial charge in [-0.05, 0) is 43.5 Å². The number of amides is 3. The molecule has 3 aromatic heterocycles. The number of carbonyl (C=O) groups excluding carboxylic acids is 3. The van der Waals surface area contributed by atoms with Gasteiger partial charge < -0.3 is 60.2 Å². The third-order valence-corrected chi connectivity index (χ3v) is 8.83. The lowest BCUT2D eigenvalue weighted by molar-refractivity contribution is -0.123. The lowest BCUT2D eigenvalue weighted by atomic mass is 10.2. The van der Waals surface area contributed by atoms with Gasteiger partial charge in [-0.1, -0.05) is 0 Å². The van der Waals surface area contributed by atoms with Crippen molar-refractivity contribution in [2.75, 3.05) is 105 Å². The van der Waals surface area contributed by atoms with Crippen LogP contribution in [0.25, 0.3) is 33.3 Å². The molecule has 328 valence electrons. The smallest absolute Gasteiger partial charge is 0.222 e. The normalized spacial score (nSPS) is 11.2. The monoisotopic (exact) mass is 837 g/mol. The Morgan fingerprint density at radius 1 is 0.717 bits per heavy atom. The summed E-state index contributed by atoms with van der Waals surface area (Å²) in [5, 5.41) is 24.6. The highest BCUT2D eigenvalue weighted by Gasteiger charge is 2.18. The molecular weight excluding hydrogens is 779 g/mol. The topological polar surface area (TPSA) is 248 Å². The van der Waals surface area contributed by atoms with E-state index in [1.165, 1.54) is 6.33 Å². The number of aromatic nitrogens is 5. The molecule has 0 radical (unpaired) electrons. The number of rotatable bonds is 33. The largest absolute Gasteiger partial charge is 0.508 e. The van der Waals surface area contributed by atoms with Crippen molar-refractivity contribution in [3.63, 3.8) is 0 Å². The van der Waals surface area contributed by atoms with Gasteiger partial charge in [0.2, 0.25) is 17.7 Å². The second-order valence-electron chi connectivity index (χ2n) is 13.5. The molecule has 0 bridgehead atoms. The standard InChI is InChI=1S/C41H59N9O10/c1-2-3-4-7-35(52)44-13-18-57-22-26-60-25-21-56-17-11-37(54)45-14-19-58-23-27-59-24-20-55-16-10-36(53)43-12-5-6-15-50-41-38(40(42)46-30-47-41)39(49-50)34-29-31-28-32(51)8-9-33(31)48-34/h1,8-9,28-30,48,51H,3-7,10-27H2,(H,43,53)(H,44,52)(H,45,54)(H2,42,46,47). The third kappa shape index (κ3) is 17.9. The lowest BCUT2D eigenvalue weighted by Gasteiger charge is -2.09. The Hall–Kier alpha value is -5.36. The number of aryl methyl sites for hydroxylation is 1. The number of nitrogens with one attached hydrogen (secondary N) is 4. The van der Waals surface area contributed by atoms with Crippen molar-refractivity contribution in [1.29, 1.82) is 0 Å². The molecule has 60 heavy (non-hydrogen) atoms. The molecule has 0 atom stereocenters.